The Hall–Kier alpha value is -1.65. The molecule has 0 bridgehead atoms. The number of hydrogen-bond donors (Lipinski definition) is 3. The fraction of sp³-hybridized carbons (Fsp3) is 0.789. The molecule has 0 aromatic rings. The number of aliphatic hydroxyl groups is 1. The number of carboxylic acid groups (broad SMARTS) is 1. The van der Waals surface area contributed by atoms with Crippen molar-refractivity contribution in [2.45, 2.75) is 83.5 Å². The summed E-state index contributed by atoms with van der Waals surface area (Å²) < 4.78 is 35.8. The molecule has 0 aliphatic carbocycles. The third-order valence-corrected chi connectivity index (χ3v) is 6.02. The first-order chi connectivity index (χ1) is 13.7. The van der Waals surface area contributed by atoms with Crippen molar-refractivity contribution in [1.82, 2.24) is 4.72 Å². The van der Waals surface area contributed by atoms with Gasteiger partial charge in [0.1, 0.15) is 11.9 Å². The molecule has 1 rings (SSSR count). The van der Waals surface area contributed by atoms with E-state index in [0.29, 0.717) is 6.42 Å². The van der Waals surface area contributed by atoms with Gasteiger partial charge in [0.2, 0.25) is 16.3 Å². The number of esters is 1. The fourth-order valence-electron chi connectivity index (χ4n) is 3.09. The van der Waals surface area contributed by atoms with Gasteiger partial charge in [-0.15, -0.1) is 0 Å². The first-order valence-corrected chi connectivity index (χ1v) is 11.9. The lowest BCUT2D eigenvalue weighted by Gasteiger charge is -2.19. The number of nitrogens with one attached hydrogen (secondary N) is 1. The molecule has 10 heteroatoms. The van der Waals surface area contributed by atoms with Crippen LogP contribution in [0.25, 0.3) is 0 Å². The molecular formula is C19H33NO8S. The first-order valence-electron chi connectivity index (χ1n) is 10.2. The Bertz CT molecular complexity index is 647. The van der Waals surface area contributed by atoms with Gasteiger partial charge >= 0.3 is 12.1 Å². The third kappa shape index (κ3) is 11.2. The van der Waals surface area contributed by atoms with Crippen molar-refractivity contribution in [3.05, 3.63) is 11.6 Å². The van der Waals surface area contributed by atoms with Gasteiger partial charge in [0, 0.05) is 18.2 Å². The van der Waals surface area contributed by atoms with Crippen molar-refractivity contribution in [1.29, 1.82) is 0 Å². The van der Waals surface area contributed by atoms with Gasteiger partial charge in [-0.05, 0) is 6.42 Å². The number of carbonyl (C=O) groups is 2. The highest BCUT2D eigenvalue weighted by Gasteiger charge is 2.35. The molecule has 0 spiro atoms. The van der Waals surface area contributed by atoms with Crippen LogP contribution in [-0.2, 0) is 24.3 Å². The summed E-state index contributed by atoms with van der Waals surface area (Å²) in [5.41, 5.74) is -0.235. The molecule has 0 aromatic carbocycles. The Morgan fingerprint density at radius 3 is 2.17 bits per heavy atom. The smallest absolute Gasteiger partial charge is 0.450 e. The molecule has 0 saturated heterocycles. The third-order valence-electron chi connectivity index (χ3n) is 4.64. The first kappa shape index (κ1) is 25.4. The maximum Gasteiger partial charge on any atom is 0.506 e. The van der Waals surface area contributed by atoms with Crippen LogP contribution in [-0.4, -0.2) is 55.4 Å². The fourth-order valence-corrected chi connectivity index (χ4v) is 4.32. The van der Waals surface area contributed by atoms with Crippen LogP contribution in [0, 0.1) is 0 Å². The monoisotopic (exact) mass is 435 g/mol. The summed E-state index contributed by atoms with van der Waals surface area (Å²) >= 11 is 0. The van der Waals surface area contributed by atoms with Crippen LogP contribution in [0.1, 0.15) is 71.1 Å². The number of rotatable bonds is 16. The number of cyclic esters (lactones) is 1. The molecule has 2 atom stereocenters. The number of unbranched alkanes of at least 4 members (excludes halogenated alkanes) is 9. The van der Waals surface area contributed by atoms with E-state index in [1.807, 2.05) is 0 Å². The summed E-state index contributed by atoms with van der Waals surface area (Å²) in [5, 5.41) is 18.4. The topological polar surface area (TPSA) is 139 Å². The van der Waals surface area contributed by atoms with E-state index in [-0.39, 0.29) is 12.1 Å². The number of sulfonamides is 1. The summed E-state index contributed by atoms with van der Waals surface area (Å²) in [7, 11) is -3.87. The highest BCUT2D eigenvalue weighted by atomic mass is 32.2. The highest BCUT2D eigenvalue weighted by Crippen LogP contribution is 2.21. The molecule has 3 N–H and O–H groups in total. The average molecular weight is 436 g/mol. The van der Waals surface area contributed by atoms with Crippen molar-refractivity contribution >= 4 is 22.1 Å². The molecule has 0 amide bonds. The summed E-state index contributed by atoms with van der Waals surface area (Å²) in [5.74, 6) is -1.63. The largest absolute Gasteiger partial charge is 0.506 e. The molecule has 1 aliphatic heterocycles. The predicted molar refractivity (Wildman–Crippen MR) is 107 cm³/mol. The van der Waals surface area contributed by atoms with Crippen LogP contribution in [0.2, 0.25) is 0 Å². The minimum atomic E-state index is -3.87. The van der Waals surface area contributed by atoms with Crippen molar-refractivity contribution in [2.75, 3.05) is 12.3 Å². The van der Waals surface area contributed by atoms with Crippen LogP contribution in [0.15, 0.2) is 11.6 Å². The Kier molecular flexibility index (Phi) is 11.9. The molecule has 9 nitrogen and oxygen atoms in total. The van der Waals surface area contributed by atoms with E-state index < -0.39 is 40.3 Å². The van der Waals surface area contributed by atoms with Crippen molar-refractivity contribution in [2.24, 2.45) is 0 Å². The van der Waals surface area contributed by atoms with Crippen LogP contribution >= 0.6 is 0 Å². The van der Waals surface area contributed by atoms with E-state index in [9.17, 15) is 23.1 Å². The Morgan fingerprint density at radius 2 is 1.69 bits per heavy atom. The Balaban J connectivity index is 2.29. The van der Waals surface area contributed by atoms with Gasteiger partial charge in [0.25, 0.3) is 0 Å². The van der Waals surface area contributed by atoms with E-state index in [4.69, 9.17) is 5.11 Å². The second kappa shape index (κ2) is 13.6. The maximum absolute atomic E-state index is 12.2. The summed E-state index contributed by atoms with van der Waals surface area (Å²) in [6.07, 6.45) is 7.16. The molecule has 1 aliphatic rings. The van der Waals surface area contributed by atoms with E-state index in [0.717, 1.165) is 25.3 Å². The van der Waals surface area contributed by atoms with Crippen LogP contribution in [0.3, 0.4) is 0 Å². The van der Waals surface area contributed by atoms with Gasteiger partial charge in [-0.25, -0.2) is 22.7 Å². The lowest BCUT2D eigenvalue weighted by molar-refractivity contribution is -0.151. The zero-order chi connectivity index (χ0) is 21.7. The predicted octanol–water partition coefficient (Wildman–Crippen LogP) is 2.69. The van der Waals surface area contributed by atoms with Crippen molar-refractivity contribution < 1.29 is 37.7 Å². The van der Waals surface area contributed by atoms with Crippen LogP contribution < -0.4 is 4.72 Å². The number of carbonyl (C=O) groups excluding carboxylic acids is 1. The molecule has 0 radical (unpaired) electrons. The van der Waals surface area contributed by atoms with Gasteiger partial charge in [-0.1, -0.05) is 64.7 Å². The number of aliphatic hydroxyl groups excluding tert-OH is 1. The molecule has 2 unspecified atom stereocenters. The second-order valence-corrected chi connectivity index (χ2v) is 9.02. The minimum Gasteiger partial charge on any atom is -0.450 e. The Morgan fingerprint density at radius 1 is 1.14 bits per heavy atom. The second-order valence-electron chi connectivity index (χ2n) is 7.16. The standard InChI is InChI=1S/C19H33NO8S/c1-2-3-4-5-6-7-8-9-10-11-12-20-29(25,26)14-16(27-19(23)24)15-13-17(21)28-18(15)22/h13,16,18,20,22H,2-12,14H2,1H3,(H,23,24). The molecule has 0 saturated carbocycles. The minimum absolute atomic E-state index is 0.232. The number of hydrogen-bond acceptors (Lipinski definition) is 7. The van der Waals surface area contributed by atoms with Gasteiger partial charge in [0.15, 0.2) is 0 Å². The normalized spacial score (nSPS) is 17.7. The molecule has 0 aromatic heterocycles. The average Bonchev–Trinajstić information content (AvgIpc) is 2.96. The maximum atomic E-state index is 12.2. The van der Waals surface area contributed by atoms with E-state index >= 15 is 0 Å². The van der Waals surface area contributed by atoms with E-state index in [1.165, 1.54) is 38.5 Å². The van der Waals surface area contributed by atoms with E-state index in [2.05, 4.69) is 21.1 Å². The lowest BCUT2D eigenvalue weighted by atomic mass is 10.1. The SMILES string of the molecule is CCCCCCCCCCCCNS(=O)(=O)CC(OC(=O)O)C1=CC(=O)OC1O. The Labute approximate surface area is 172 Å². The lowest BCUT2D eigenvalue weighted by Crippen LogP contribution is -2.37. The van der Waals surface area contributed by atoms with Gasteiger partial charge in [-0.2, -0.15) is 0 Å². The molecule has 0 fully saturated rings. The number of ether oxygens (including phenoxy) is 2. The molecule has 1 heterocycles. The van der Waals surface area contributed by atoms with Crippen LogP contribution in [0.5, 0.6) is 0 Å². The quantitative estimate of drug-likeness (QED) is 0.248. The van der Waals surface area contributed by atoms with Gasteiger partial charge in [0.05, 0.1) is 0 Å². The summed E-state index contributed by atoms with van der Waals surface area (Å²) in [6, 6.07) is 0. The molecule has 29 heavy (non-hydrogen) atoms. The summed E-state index contributed by atoms with van der Waals surface area (Å²) in [6.45, 7) is 2.42. The van der Waals surface area contributed by atoms with Crippen molar-refractivity contribution in [3.8, 4) is 0 Å². The van der Waals surface area contributed by atoms with Crippen molar-refractivity contribution in [3.63, 3.8) is 0 Å². The summed E-state index contributed by atoms with van der Waals surface area (Å²) in [4.78, 5) is 22.0. The molecular weight excluding hydrogens is 402 g/mol. The zero-order valence-electron chi connectivity index (χ0n) is 17.0. The molecule has 168 valence electrons. The van der Waals surface area contributed by atoms with E-state index in [1.54, 1.807) is 0 Å². The van der Waals surface area contributed by atoms with Gasteiger partial charge < -0.3 is 19.7 Å². The van der Waals surface area contributed by atoms with Crippen LogP contribution in [0.4, 0.5) is 4.79 Å². The zero-order valence-corrected chi connectivity index (χ0v) is 17.8. The van der Waals surface area contributed by atoms with Gasteiger partial charge in [-0.3, -0.25) is 0 Å². The highest BCUT2D eigenvalue weighted by molar-refractivity contribution is 7.89.